The van der Waals surface area contributed by atoms with Crippen molar-refractivity contribution < 1.29 is 14.0 Å². The average molecular weight is 335 g/mol. The first-order valence-electron chi connectivity index (χ1n) is 7.11. The van der Waals surface area contributed by atoms with Gasteiger partial charge in [-0.25, -0.2) is 4.39 Å². The molecular weight excluding hydrogens is 319 g/mol. The summed E-state index contributed by atoms with van der Waals surface area (Å²) in [7, 11) is 0. The van der Waals surface area contributed by atoms with Crippen LogP contribution in [0, 0.1) is 5.82 Å². The van der Waals surface area contributed by atoms with Crippen LogP contribution in [0.4, 0.5) is 4.39 Å². The van der Waals surface area contributed by atoms with E-state index in [9.17, 15) is 14.0 Å². The van der Waals surface area contributed by atoms with E-state index >= 15 is 0 Å². The Labute approximate surface area is 138 Å². The van der Waals surface area contributed by atoms with Crippen LogP contribution in [0.5, 0.6) is 0 Å². The number of nitrogens with one attached hydrogen (secondary N) is 2. The monoisotopic (exact) mass is 334 g/mol. The van der Waals surface area contributed by atoms with Gasteiger partial charge in [0.25, 0.3) is 5.91 Å². The third-order valence-electron chi connectivity index (χ3n) is 3.19. The first-order valence-corrected chi connectivity index (χ1v) is 7.48. The molecule has 0 unspecified atom stereocenters. The van der Waals surface area contributed by atoms with E-state index in [-0.39, 0.29) is 37.1 Å². The van der Waals surface area contributed by atoms with Gasteiger partial charge in [-0.05, 0) is 18.2 Å². The molecular formula is C17H16ClFN2O2. The minimum Gasteiger partial charge on any atom is -0.352 e. The highest BCUT2D eigenvalue weighted by molar-refractivity contribution is 6.33. The molecule has 6 heteroatoms. The Bertz CT molecular complexity index is 706. The first kappa shape index (κ1) is 17.0. The van der Waals surface area contributed by atoms with E-state index in [1.54, 1.807) is 42.5 Å². The lowest BCUT2D eigenvalue weighted by molar-refractivity contribution is -0.121. The molecule has 2 aromatic rings. The van der Waals surface area contributed by atoms with Crippen LogP contribution in [0.25, 0.3) is 0 Å². The molecule has 0 bridgehead atoms. The minimum atomic E-state index is -0.361. The molecule has 0 fully saturated rings. The molecule has 0 radical (unpaired) electrons. The second kappa shape index (κ2) is 8.29. The van der Waals surface area contributed by atoms with E-state index in [0.29, 0.717) is 16.1 Å². The molecule has 0 atom stereocenters. The van der Waals surface area contributed by atoms with Crippen LogP contribution in [0.1, 0.15) is 22.3 Å². The van der Waals surface area contributed by atoms with Crippen LogP contribution in [-0.2, 0) is 11.3 Å². The van der Waals surface area contributed by atoms with Crippen molar-refractivity contribution in [1.82, 2.24) is 10.6 Å². The summed E-state index contributed by atoms with van der Waals surface area (Å²) in [6.45, 7) is 0.289. The number of halogens is 2. The Morgan fingerprint density at radius 3 is 2.43 bits per heavy atom. The summed E-state index contributed by atoms with van der Waals surface area (Å²) in [5.74, 6) is -0.968. The maximum atomic E-state index is 13.4. The van der Waals surface area contributed by atoms with Gasteiger partial charge in [-0.2, -0.15) is 0 Å². The number of hydrogen-bond donors (Lipinski definition) is 2. The zero-order valence-corrected chi connectivity index (χ0v) is 13.1. The molecule has 4 nitrogen and oxygen atoms in total. The molecule has 0 aromatic heterocycles. The Morgan fingerprint density at radius 2 is 1.70 bits per heavy atom. The van der Waals surface area contributed by atoms with Crippen molar-refractivity contribution in [2.24, 2.45) is 0 Å². The number of hydrogen-bond acceptors (Lipinski definition) is 2. The van der Waals surface area contributed by atoms with Gasteiger partial charge in [0, 0.05) is 25.1 Å². The zero-order chi connectivity index (χ0) is 16.7. The van der Waals surface area contributed by atoms with E-state index in [0.717, 1.165) is 0 Å². The Kier molecular flexibility index (Phi) is 6.11. The maximum absolute atomic E-state index is 13.4. The molecule has 0 saturated carbocycles. The molecule has 23 heavy (non-hydrogen) atoms. The van der Waals surface area contributed by atoms with Crippen LogP contribution >= 0.6 is 11.6 Å². The predicted molar refractivity (Wildman–Crippen MR) is 86.6 cm³/mol. The first-order chi connectivity index (χ1) is 11.1. The molecule has 2 amide bonds. The van der Waals surface area contributed by atoms with Crippen LogP contribution in [0.2, 0.25) is 5.02 Å². The van der Waals surface area contributed by atoms with Crippen molar-refractivity contribution in [2.45, 2.75) is 13.0 Å². The number of benzene rings is 2. The van der Waals surface area contributed by atoms with E-state index in [1.165, 1.54) is 6.07 Å². The summed E-state index contributed by atoms with van der Waals surface area (Å²) >= 11 is 5.92. The third kappa shape index (κ3) is 5.07. The largest absolute Gasteiger partial charge is 0.352 e. The van der Waals surface area contributed by atoms with Gasteiger partial charge < -0.3 is 10.6 Å². The number of amides is 2. The number of rotatable bonds is 6. The van der Waals surface area contributed by atoms with E-state index in [4.69, 9.17) is 11.6 Å². The van der Waals surface area contributed by atoms with Crippen molar-refractivity contribution in [3.05, 3.63) is 70.5 Å². The van der Waals surface area contributed by atoms with Crippen LogP contribution < -0.4 is 10.6 Å². The minimum absolute atomic E-state index is 0.102. The summed E-state index contributed by atoms with van der Waals surface area (Å²) in [4.78, 5) is 23.6. The van der Waals surface area contributed by atoms with E-state index < -0.39 is 0 Å². The predicted octanol–water partition coefficient (Wildman–Crippen LogP) is 2.92. The van der Waals surface area contributed by atoms with Crippen LogP contribution in [0.3, 0.4) is 0 Å². The van der Waals surface area contributed by atoms with Gasteiger partial charge >= 0.3 is 0 Å². The van der Waals surface area contributed by atoms with Crippen LogP contribution in [-0.4, -0.2) is 18.4 Å². The van der Waals surface area contributed by atoms with Crippen molar-refractivity contribution in [2.75, 3.05) is 6.54 Å². The molecule has 0 aliphatic heterocycles. The smallest absolute Gasteiger partial charge is 0.252 e. The lowest BCUT2D eigenvalue weighted by atomic mass is 10.2. The second-order valence-electron chi connectivity index (χ2n) is 4.85. The van der Waals surface area contributed by atoms with Gasteiger partial charge in [-0.3, -0.25) is 9.59 Å². The van der Waals surface area contributed by atoms with Gasteiger partial charge in [0.1, 0.15) is 5.82 Å². The molecule has 2 rings (SSSR count). The Morgan fingerprint density at radius 1 is 1.00 bits per heavy atom. The topological polar surface area (TPSA) is 58.2 Å². The van der Waals surface area contributed by atoms with Gasteiger partial charge in [0.2, 0.25) is 5.91 Å². The molecule has 0 aliphatic rings. The highest BCUT2D eigenvalue weighted by atomic mass is 35.5. The Hall–Kier alpha value is -2.40. The van der Waals surface area contributed by atoms with Gasteiger partial charge in [0.15, 0.2) is 0 Å². The SMILES string of the molecule is O=C(CCNC(=O)c1ccccc1Cl)NCc1ccccc1F. The van der Waals surface area contributed by atoms with Gasteiger partial charge in [0.05, 0.1) is 10.6 Å². The molecule has 0 saturated heterocycles. The maximum Gasteiger partial charge on any atom is 0.252 e. The van der Waals surface area contributed by atoms with Crippen molar-refractivity contribution >= 4 is 23.4 Å². The lowest BCUT2D eigenvalue weighted by Crippen LogP contribution is -2.30. The number of carbonyl (C=O) groups excluding carboxylic acids is 2. The van der Waals surface area contributed by atoms with Crippen molar-refractivity contribution in [3.8, 4) is 0 Å². The van der Waals surface area contributed by atoms with Crippen LogP contribution in [0.15, 0.2) is 48.5 Å². The molecule has 0 aliphatic carbocycles. The Balaban J connectivity index is 1.74. The molecule has 0 spiro atoms. The summed E-state index contributed by atoms with van der Waals surface area (Å²) in [5.41, 5.74) is 0.780. The summed E-state index contributed by atoms with van der Waals surface area (Å²) in [6, 6.07) is 12.9. The molecule has 2 N–H and O–H groups in total. The van der Waals surface area contributed by atoms with E-state index in [2.05, 4.69) is 10.6 Å². The van der Waals surface area contributed by atoms with E-state index in [1.807, 2.05) is 0 Å². The van der Waals surface area contributed by atoms with Crippen molar-refractivity contribution in [1.29, 1.82) is 0 Å². The molecule has 2 aromatic carbocycles. The van der Waals surface area contributed by atoms with Crippen molar-refractivity contribution in [3.63, 3.8) is 0 Å². The summed E-state index contributed by atoms with van der Waals surface area (Å²) < 4.78 is 13.4. The normalized spacial score (nSPS) is 10.2. The fourth-order valence-electron chi connectivity index (χ4n) is 1.95. The highest BCUT2D eigenvalue weighted by Crippen LogP contribution is 2.14. The fraction of sp³-hybridized carbons (Fsp3) is 0.176. The molecule has 0 heterocycles. The zero-order valence-electron chi connectivity index (χ0n) is 12.3. The average Bonchev–Trinajstić information content (AvgIpc) is 2.54. The van der Waals surface area contributed by atoms with Gasteiger partial charge in [-0.1, -0.05) is 41.9 Å². The highest BCUT2D eigenvalue weighted by Gasteiger charge is 2.10. The standard InChI is InChI=1S/C17H16ClFN2O2/c18-14-7-3-2-6-13(14)17(23)20-10-9-16(22)21-11-12-5-1-4-8-15(12)19/h1-8H,9-11H2,(H,20,23)(H,21,22). The number of carbonyl (C=O) groups is 2. The summed E-state index contributed by atoms with van der Waals surface area (Å²) in [5, 5.41) is 5.59. The second-order valence-corrected chi connectivity index (χ2v) is 5.26. The van der Waals surface area contributed by atoms with Gasteiger partial charge in [-0.15, -0.1) is 0 Å². The quantitative estimate of drug-likeness (QED) is 0.853. The lowest BCUT2D eigenvalue weighted by Gasteiger charge is -2.08. The summed E-state index contributed by atoms with van der Waals surface area (Å²) in [6.07, 6.45) is 0.102. The molecule has 120 valence electrons. The fourth-order valence-corrected chi connectivity index (χ4v) is 2.18. The third-order valence-corrected chi connectivity index (χ3v) is 3.52.